The summed E-state index contributed by atoms with van der Waals surface area (Å²) in [6, 6.07) is 10.3. The molecule has 13 heteroatoms. The monoisotopic (exact) mass is 584 g/mol. The van der Waals surface area contributed by atoms with Gasteiger partial charge in [0.15, 0.2) is 19.7 Å². The Morgan fingerprint density at radius 1 is 0.900 bits per heavy atom. The molecule has 3 aromatic heterocycles. The van der Waals surface area contributed by atoms with Crippen LogP contribution in [-0.2, 0) is 19.7 Å². The van der Waals surface area contributed by atoms with Crippen LogP contribution in [0.5, 0.6) is 11.5 Å². The van der Waals surface area contributed by atoms with Gasteiger partial charge in [-0.3, -0.25) is 9.78 Å². The predicted octanol–water partition coefficient (Wildman–Crippen LogP) is 3.54. The molecule has 4 rings (SSSR count). The fourth-order valence-corrected chi connectivity index (χ4v) is 8.35. The normalized spacial score (nSPS) is 12.2. The Balaban J connectivity index is 1.96. The summed E-state index contributed by atoms with van der Waals surface area (Å²) in [7, 11) is -8.37. The van der Waals surface area contributed by atoms with Crippen LogP contribution < -0.4 is 5.43 Å². The maximum absolute atomic E-state index is 13.6. The quantitative estimate of drug-likeness (QED) is 0.188. The molecule has 0 aliphatic rings. The molecule has 0 aliphatic carbocycles. The van der Waals surface area contributed by atoms with Crippen molar-refractivity contribution in [3.8, 4) is 22.6 Å². The minimum atomic E-state index is -4.23. The van der Waals surface area contributed by atoms with Crippen molar-refractivity contribution < 1.29 is 31.8 Å². The molecule has 0 radical (unpaired) electrons. The number of pyridine rings is 2. The van der Waals surface area contributed by atoms with E-state index in [-0.39, 0.29) is 46.9 Å². The van der Waals surface area contributed by atoms with E-state index in [0.717, 1.165) is 17.8 Å². The number of rotatable bonds is 10. The van der Waals surface area contributed by atoms with E-state index in [2.05, 4.69) is 15.5 Å². The highest BCUT2D eigenvalue weighted by Gasteiger charge is 2.37. The summed E-state index contributed by atoms with van der Waals surface area (Å²) in [5.41, 5.74) is 3.49. The van der Waals surface area contributed by atoms with E-state index in [1.54, 1.807) is 50.5 Å². The molecule has 210 valence electrons. The van der Waals surface area contributed by atoms with E-state index < -0.39 is 41.1 Å². The average molecular weight is 585 g/mol. The first-order valence-electron chi connectivity index (χ1n) is 12.4. The van der Waals surface area contributed by atoms with Gasteiger partial charge in [0.2, 0.25) is 0 Å². The lowest BCUT2D eigenvalue weighted by molar-refractivity contribution is 0.0945. The van der Waals surface area contributed by atoms with Gasteiger partial charge in [0.05, 0.1) is 23.2 Å². The molecule has 3 heterocycles. The lowest BCUT2D eigenvalue weighted by Gasteiger charge is -2.08. The molecule has 0 unspecified atom stereocenters. The second kappa shape index (κ2) is 11.5. The van der Waals surface area contributed by atoms with Crippen LogP contribution in [0.15, 0.2) is 75.9 Å². The standard InChI is InChI=1S/C27H28N4O7S2/c1-3-11-39(35,36)25-23-15-20(19-5-8-28-9-6-19)7-10-31(23)24(26(25)40(37,38)12-4-2)27(34)30-29-17-18-13-21(32)16-22(33)14-18/h5-10,13-17,32-33H,3-4,11-12H2,1-2H3,(H,30,34)/b29-17-. The molecule has 0 saturated carbocycles. The summed E-state index contributed by atoms with van der Waals surface area (Å²) in [5, 5.41) is 23.2. The van der Waals surface area contributed by atoms with Gasteiger partial charge < -0.3 is 14.6 Å². The van der Waals surface area contributed by atoms with E-state index in [4.69, 9.17) is 0 Å². The number of fused-ring (bicyclic) bond motifs is 1. The Labute approximate surface area is 231 Å². The first-order valence-corrected chi connectivity index (χ1v) is 15.7. The number of phenols is 2. The number of hydrogen-bond donors (Lipinski definition) is 3. The van der Waals surface area contributed by atoms with Gasteiger partial charge in [0.25, 0.3) is 5.91 Å². The Kier molecular flexibility index (Phi) is 8.26. The second-order valence-electron chi connectivity index (χ2n) is 9.03. The number of carbonyl (C=O) groups is 1. The maximum atomic E-state index is 13.6. The summed E-state index contributed by atoms with van der Waals surface area (Å²) in [4.78, 5) is 16.5. The van der Waals surface area contributed by atoms with E-state index in [9.17, 15) is 31.8 Å². The van der Waals surface area contributed by atoms with Gasteiger partial charge in [-0.1, -0.05) is 13.8 Å². The van der Waals surface area contributed by atoms with E-state index in [1.807, 2.05) is 0 Å². The zero-order valence-electron chi connectivity index (χ0n) is 21.8. The highest BCUT2D eigenvalue weighted by molar-refractivity contribution is 7.94. The third kappa shape index (κ3) is 5.84. The number of carbonyl (C=O) groups excluding carboxylic acids is 1. The Morgan fingerprint density at radius 2 is 1.50 bits per heavy atom. The van der Waals surface area contributed by atoms with Crippen molar-refractivity contribution >= 4 is 37.3 Å². The molecule has 0 atom stereocenters. The fraction of sp³-hybridized carbons (Fsp3) is 0.222. The van der Waals surface area contributed by atoms with Crippen LogP contribution in [-0.4, -0.2) is 60.1 Å². The molecule has 40 heavy (non-hydrogen) atoms. The molecule has 0 bridgehead atoms. The van der Waals surface area contributed by atoms with Crippen LogP contribution in [0.2, 0.25) is 0 Å². The van der Waals surface area contributed by atoms with Crippen molar-refractivity contribution in [3.63, 3.8) is 0 Å². The molecule has 0 saturated heterocycles. The maximum Gasteiger partial charge on any atom is 0.289 e. The third-order valence-corrected chi connectivity index (χ3v) is 10.0. The molecule has 11 nitrogen and oxygen atoms in total. The lowest BCUT2D eigenvalue weighted by atomic mass is 10.1. The SMILES string of the molecule is CCCS(=O)(=O)c1c(S(=O)(=O)CCC)c2cc(-c3ccncc3)ccn2c1C(=O)N/N=C\c1cc(O)cc(O)c1. The van der Waals surface area contributed by atoms with Crippen LogP contribution in [0.4, 0.5) is 0 Å². The minimum absolute atomic E-state index is 0.0458. The van der Waals surface area contributed by atoms with Crippen molar-refractivity contribution in [1.29, 1.82) is 0 Å². The van der Waals surface area contributed by atoms with Crippen molar-refractivity contribution in [2.24, 2.45) is 5.10 Å². The number of hydrazone groups is 1. The summed E-state index contributed by atoms with van der Waals surface area (Å²) in [6.45, 7) is 3.31. The van der Waals surface area contributed by atoms with Crippen LogP contribution in [0.3, 0.4) is 0 Å². The first-order chi connectivity index (χ1) is 19.0. The van der Waals surface area contributed by atoms with Crippen LogP contribution in [0.1, 0.15) is 42.7 Å². The van der Waals surface area contributed by atoms with Gasteiger partial charge in [0.1, 0.15) is 27.0 Å². The zero-order chi connectivity index (χ0) is 29.1. The van der Waals surface area contributed by atoms with Gasteiger partial charge in [-0.05, 0) is 60.4 Å². The highest BCUT2D eigenvalue weighted by Crippen LogP contribution is 2.36. The van der Waals surface area contributed by atoms with Crippen molar-refractivity contribution in [2.75, 3.05) is 11.5 Å². The van der Waals surface area contributed by atoms with E-state index in [0.29, 0.717) is 5.56 Å². The number of benzene rings is 1. The Morgan fingerprint density at radius 3 is 2.10 bits per heavy atom. The van der Waals surface area contributed by atoms with E-state index >= 15 is 0 Å². The number of phenolic OH excluding ortho intramolecular Hbond substituents is 2. The average Bonchev–Trinajstić information content (AvgIpc) is 3.25. The molecule has 0 aliphatic heterocycles. The number of hydrogen-bond acceptors (Lipinski definition) is 9. The largest absolute Gasteiger partial charge is 0.508 e. The Bertz CT molecular complexity index is 1790. The molecule has 1 amide bonds. The molecular weight excluding hydrogens is 556 g/mol. The van der Waals surface area contributed by atoms with Crippen LogP contribution in [0, 0.1) is 0 Å². The smallest absolute Gasteiger partial charge is 0.289 e. The van der Waals surface area contributed by atoms with Crippen LogP contribution in [0.25, 0.3) is 16.6 Å². The molecular formula is C27H28N4O7S2. The summed E-state index contributed by atoms with van der Waals surface area (Å²) >= 11 is 0. The lowest BCUT2D eigenvalue weighted by Crippen LogP contribution is -2.23. The van der Waals surface area contributed by atoms with Crippen molar-refractivity contribution in [1.82, 2.24) is 14.8 Å². The number of aromatic hydroxyl groups is 2. The van der Waals surface area contributed by atoms with E-state index in [1.165, 1.54) is 22.7 Å². The number of sulfone groups is 2. The molecule has 1 aromatic carbocycles. The van der Waals surface area contributed by atoms with Gasteiger partial charge >= 0.3 is 0 Å². The zero-order valence-corrected chi connectivity index (χ0v) is 23.4. The molecule has 0 fully saturated rings. The molecule has 3 N–H and O–H groups in total. The van der Waals surface area contributed by atoms with Crippen molar-refractivity contribution in [2.45, 2.75) is 36.5 Å². The highest BCUT2D eigenvalue weighted by atomic mass is 32.2. The summed E-state index contributed by atoms with van der Waals surface area (Å²) in [5.74, 6) is -2.11. The second-order valence-corrected chi connectivity index (χ2v) is 13.1. The Hall–Kier alpha value is -4.23. The number of nitrogens with zero attached hydrogens (tertiary/aromatic N) is 3. The topological polar surface area (TPSA) is 168 Å². The minimum Gasteiger partial charge on any atom is -0.508 e. The summed E-state index contributed by atoms with van der Waals surface area (Å²) < 4.78 is 55.5. The number of amides is 1. The van der Waals surface area contributed by atoms with Gasteiger partial charge in [-0.25, -0.2) is 22.3 Å². The van der Waals surface area contributed by atoms with Gasteiger partial charge in [0, 0.05) is 30.2 Å². The number of nitrogens with one attached hydrogen (secondary N) is 1. The predicted molar refractivity (Wildman–Crippen MR) is 150 cm³/mol. The van der Waals surface area contributed by atoms with Gasteiger partial charge in [-0.15, -0.1) is 0 Å². The molecule has 4 aromatic rings. The molecule has 0 spiro atoms. The fourth-order valence-electron chi connectivity index (χ4n) is 4.38. The van der Waals surface area contributed by atoms with Crippen molar-refractivity contribution in [3.05, 3.63) is 72.3 Å². The third-order valence-electron chi connectivity index (χ3n) is 5.95. The summed E-state index contributed by atoms with van der Waals surface area (Å²) in [6.07, 6.45) is 6.18. The van der Waals surface area contributed by atoms with Crippen LogP contribution >= 0.6 is 0 Å². The first kappa shape index (κ1) is 28.8. The number of aromatic nitrogens is 2. The van der Waals surface area contributed by atoms with Gasteiger partial charge in [-0.2, -0.15) is 5.10 Å².